The molecule has 0 fully saturated rings. The highest BCUT2D eigenvalue weighted by Gasteiger charge is 2.26. The van der Waals surface area contributed by atoms with Crippen LogP contribution >= 0.6 is 0 Å². The molecule has 2 aromatic carbocycles. The van der Waals surface area contributed by atoms with Crippen LogP contribution in [0.3, 0.4) is 0 Å². The molecule has 0 aliphatic rings. The molecule has 0 bridgehead atoms. The van der Waals surface area contributed by atoms with Crippen molar-refractivity contribution in [2.45, 2.75) is 33.5 Å². The number of benzene rings is 2. The first-order valence-electron chi connectivity index (χ1n) is 9.23. The van der Waals surface area contributed by atoms with Gasteiger partial charge in [0.25, 0.3) is 11.5 Å². The Bertz CT molecular complexity index is 1090. The van der Waals surface area contributed by atoms with Gasteiger partial charge in [0.2, 0.25) is 0 Å². The molecule has 8 heteroatoms. The summed E-state index contributed by atoms with van der Waals surface area (Å²) in [6.07, 6.45) is 0. The van der Waals surface area contributed by atoms with Gasteiger partial charge in [0.1, 0.15) is 11.6 Å². The summed E-state index contributed by atoms with van der Waals surface area (Å²) in [5, 5.41) is 10.8. The zero-order chi connectivity index (χ0) is 21.0. The van der Waals surface area contributed by atoms with Gasteiger partial charge in [0.15, 0.2) is 6.73 Å². The third-order valence-corrected chi connectivity index (χ3v) is 4.48. The quantitative estimate of drug-likeness (QED) is 0.642. The lowest BCUT2D eigenvalue weighted by atomic mass is 10.0. The molecule has 0 saturated carbocycles. The smallest absolute Gasteiger partial charge is 0.330 e. The van der Waals surface area contributed by atoms with Crippen LogP contribution in [0.15, 0.2) is 53.3 Å². The van der Waals surface area contributed by atoms with Gasteiger partial charge in [-0.2, -0.15) is 4.68 Å². The molecule has 0 spiro atoms. The van der Waals surface area contributed by atoms with Gasteiger partial charge in [-0.05, 0) is 37.1 Å². The maximum absolute atomic E-state index is 12.6. The lowest BCUT2D eigenvalue weighted by Crippen LogP contribution is -2.45. The second-order valence-electron chi connectivity index (χ2n) is 7.06. The number of aryl methyl sites for hydroxylation is 1. The number of aromatic nitrogens is 3. The molecule has 1 N–H and O–H groups in total. The average Bonchev–Trinajstić information content (AvgIpc) is 2.71. The van der Waals surface area contributed by atoms with Crippen molar-refractivity contribution in [1.82, 2.24) is 20.3 Å². The Morgan fingerprint density at radius 3 is 2.48 bits per heavy atom. The number of ether oxygens (including phenoxy) is 1. The van der Waals surface area contributed by atoms with Gasteiger partial charge >= 0.3 is 5.97 Å². The SMILES string of the molecule is Cc1ccc(C(=O)NC(C(=O)OCn2nnc3ccccc3c2=O)C(C)C)cc1. The Hall–Kier alpha value is -3.55. The Labute approximate surface area is 167 Å². The minimum absolute atomic E-state index is 0.212. The molecule has 1 heterocycles. The largest absolute Gasteiger partial charge is 0.441 e. The van der Waals surface area contributed by atoms with Gasteiger partial charge in [0.05, 0.1) is 5.39 Å². The second-order valence-corrected chi connectivity index (χ2v) is 7.06. The molecule has 0 aliphatic carbocycles. The fraction of sp³-hybridized carbons (Fsp3) is 0.286. The molecule has 1 atom stereocenters. The molecule has 1 unspecified atom stereocenters. The van der Waals surface area contributed by atoms with E-state index in [0.29, 0.717) is 16.5 Å². The predicted octanol–water partition coefficient (Wildman–Crippen LogP) is 2.06. The maximum Gasteiger partial charge on any atom is 0.330 e. The van der Waals surface area contributed by atoms with Crippen LogP contribution in [0.1, 0.15) is 29.8 Å². The number of esters is 1. The molecule has 1 aromatic heterocycles. The minimum atomic E-state index is -0.868. The topological polar surface area (TPSA) is 103 Å². The highest BCUT2D eigenvalue weighted by atomic mass is 16.5. The maximum atomic E-state index is 12.6. The van der Waals surface area contributed by atoms with E-state index in [0.717, 1.165) is 10.2 Å². The number of carbonyl (C=O) groups excluding carboxylic acids is 2. The number of carbonyl (C=O) groups is 2. The molecule has 1 amide bonds. The van der Waals surface area contributed by atoms with E-state index in [9.17, 15) is 14.4 Å². The normalized spacial score (nSPS) is 12.0. The van der Waals surface area contributed by atoms with E-state index in [1.165, 1.54) is 0 Å². The van der Waals surface area contributed by atoms with E-state index in [2.05, 4.69) is 15.6 Å². The first-order chi connectivity index (χ1) is 13.9. The van der Waals surface area contributed by atoms with Gasteiger partial charge < -0.3 is 10.1 Å². The fourth-order valence-electron chi connectivity index (χ4n) is 2.75. The molecule has 0 radical (unpaired) electrons. The third-order valence-electron chi connectivity index (χ3n) is 4.48. The van der Waals surface area contributed by atoms with E-state index in [1.54, 1.807) is 50.2 Å². The summed E-state index contributed by atoms with van der Waals surface area (Å²) in [5.41, 5.74) is 1.53. The Kier molecular flexibility index (Phi) is 6.01. The number of amides is 1. The average molecular weight is 394 g/mol. The second kappa shape index (κ2) is 8.64. The van der Waals surface area contributed by atoms with Crippen LogP contribution in [-0.2, 0) is 16.3 Å². The monoisotopic (exact) mass is 394 g/mol. The summed E-state index contributed by atoms with van der Waals surface area (Å²) >= 11 is 0. The highest BCUT2D eigenvalue weighted by Crippen LogP contribution is 2.09. The van der Waals surface area contributed by atoms with Crippen LogP contribution in [0.25, 0.3) is 10.9 Å². The zero-order valence-corrected chi connectivity index (χ0v) is 16.5. The predicted molar refractivity (Wildman–Crippen MR) is 107 cm³/mol. The summed E-state index contributed by atoms with van der Waals surface area (Å²) in [5.74, 6) is -1.23. The molecule has 8 nitrogen and oxygen atoms in total. The van der Waals surface area contributed by atoms with Gasteiger partial charge in [0, 0.05) is 5.56 Å². The van der Waals surface area contributed by atoms with E-state index < -0.39 is 17.6 Å². The molecular formula is C21H22N4O4. The number of nitrogens with zero attached hydrogens (tertiary/aromatic N) is 3. The number of fused-ring (bicyclic) bond motifs is 1. The molecular weight excluding hydrogens is 372 g/mol. The molecule has 29 heavy (non-hydrogen) atoms. The summed E-state index contributed by atoms with van der Waals surface area (Å²) in [7, 11) is 0. The number of rotatable bonds is 6. The summed E-state index contributed by atoms with van der Waals surface area (Å²) in [4.78, 5) is 37.4. The number of nitrogens with one attached hydrogen (secondary N) is 1. The van der Waals surface area contributed by atoms with Crippen molar-refractivity contribution in [3.8, 4) is 0 Å². The van der Waals surface area contributed by atoms with Crippen LogP contribution in [-0.4, -0.2) is 32.9 Å². The lowest BCUT2D eigenvalue weighted by Gasteiger charge is -2.21. The summed E-state index contributed by atoms with van der Waals surface area (Å²) < 4.78 is 6.22. The van der Waals surface area contributed by atoms with Crippen LogP contribution < -0.4 is 10.9 Å². The van der Waals surface area contributed by atoms with Crippen molar-refractivity contribution in [1.29, 1.82) is 0 Å². The Morgan fingerprint density at radius 1 is 1.10 bits per heavy atom. The van der Waals surface area contributed by atoms with Gasteiger partial charge in [-0.25, -0.2) is 4.79 Å². The van der Waals surface area contributed by atoms with E-state index in [1.807, 2.05) is 19.1 Å². The summed E-state index contributed by atoms with van der Waals surface area (Å²) in [6.45, 7) is 5.12. The van der Waals surface area contributed by atoms with E-state index >= 15 is 0 Å². The first-order valence-corrected chi connectivity index (χ1v) is 9.23. The lowest BCUT2D eigenvalue weighted by molar-refractivity contribution is -0.151. The number of hydrogen-bond acceptors (Lipinski definition) is 6. The highest BCUT2D eigenvalue weighted by molar-refractivity contribution is 5.96. The Morgan fingerprint density at radius 2 is 1.79 bits per heavy atom. The number of hydrogen-bond donors (Lipinski definition) is 1. The van der Waals surface area contributed by atoms with Crippen molar-refractivity contribution in [2.24, 2.45) is 5.92 Å². The first kappa shape index (κ1) is 20.2. The Balaban J connectivity index is 1.70. The zero-order valence-electron chi connectivity index (χ0n) is 16.5. The van der Waals surface area contributed by atoms with E-state index in [4.69, 9.17) is 4.74 Å². The van der Waals surface area contributed by atoms with Gasteiger partial charge in [-0.15, -0.1) is 5.10 Å². The minimum Gasteiger partial charge on any atom is -0.441 e. The molecule has 0 saturated heterocycles. The van der Waals surface area contributed by atoms with Crippen LogP contribution in [0.2, 0.25) is 0 Å². The van der Waals surface area contributed by atoms with Gasteiger partial charge in [-0.1, -0.05) is 48.9 Å². The molecule has 150 valence electrons. The van der Waals surface area contributed by atoms with Gasteiger partial charge in [-0.3, -0.25) is 9.59 Å². The standard InChI is InChI=1S/C21H22N4O4/c1-13(2)18(22-19(26)15-10-8-14(3)9-11-15)21(28)29-12-25-20(27)16-6-4-5-7-17(16)23-24-25/h4-11,13,18H,12H2,1-3H3,(H,22,26). The van der Waals surface area contributed by atoms with Crippen molar-refractivity contribution in [3.63, 3.8) is 0 Å². The van der Waals surface area contributed by atoms with Crippen LogP contribution in [0.4, 0.5) is 0 Å². The molecule has 0 aliphatic heterocycles. The fourth-order valence-corrected chi connectivity index (χ4v) is 2.75. The van der Waals surface area contributed by atoms with Crippen LogP contribution in [0.5, 0.6) is 0 Å². The van der Waals surface area contributed by atoms with Crippen molar-refractivity contribution >= 4 is 22.8 Å². The van der Waals surface area contributed by atoms with Crippen molar-refractivity contribution < 1.29 is 14.3 Å². The van der Waals surface area contributed by atoms with E-state index in [-0.39, 0.29) is 18.6 Å². The van der Waals surface area contributed by atoms with Crippen molar-refractivity contribution in [2.75, 3.05) is 0 Å². The summed E-state index contributed by atoms with van der Waals surface area (Å²) in [6, 6.07) is 12.9. The molecule has 3 rings (SSSR count). The molecule has 3 aromatic rings. The van der Waals surface area contributed by atoms with Crippen LogP contribution in [0, 0.1) is 12.8 Å². The third kappa shape index (κ3) is 4.66. The van der Waals surface area contributed by atoms with Crippen molar-refractivity contribution in [3.05, 3.63) is 70.0 Å².